The van der Waals surface area contributed by atoms with Gasteiger partial charge in [-0.3, -0.25) is 10.6 Å². The fourth-order valence-corrected chi connectivity index (χ4v) is 2.00. The Kier molecular flexibility index (Phi) is 15.9. The molecule has 0 saturated heterocycles. The van der Waals surface area contributed by atoms with E-state index >= 15 is 0 Å². The van der Waals surface area contributed by atoms with Crippen molar-refractivity contribution < 1.29 is 38.7 Å². The van der Waals surface area contributed by atoms with Gasteiger partial charge in [-0.1, -0.05) is 26.0 Å². The molecule has 0 aliphatic rings. The van der Waals surface area contributed by atoms with Crippen LogP contribution in [0, 0.1) is 0 Å². The molecule has 0 spiro atoms. The third kappa shape index (κ3) is 15.1. The van der Waals surface area contributed by atoms with E-state index in [-0.39, 0.29) is 24.5 Å². The normalized spacial score (nSPS) is 11.2. The van der Waals surface area contributed by atoms with Gasteiger partial charge in [-0.05, 0) is 39.8 Å². The van der Waals surface area contributed by atoms with Crippen molar-refractivity contribution in [1.82, 2.24) is 10.6 Å². The molecule has 0 amide bonds. The van der Waals surface area contributed by atoms with Gasteiger partial charge in [-0.25, -0.2) is 9.59 Å². The van der Waals surface area contributed by atoms with Gasteiger partial charge in [0.25, 0.3) is 0 Å². The van der Waals surface area contributed by atoms with Crippen LogP contribution in [0.25, 0.3) is 0 Å². The summed E-state index contributed by atoms with van der Waals surface area (Å²) in [5.74, 6) is -4.40. The number of unbranched alkanes of at least 4 members (excludes halogenated alkanes) is 3. The van der Waals surface area contributed by atoms with Crippen molar-refractivity contribution in [1.29, 1.82) is 0 Å². The maximum atomic E-state index is 11.7. The molecule has 0 aromatic rings. The van der Waals surface area contributed by atoms with Crippen molar-refractivity contribution in [3.63, 3.8) is 0 Å². The minimum Gasteiger partial charge on any atom is -0.394 e. The summed E-state index contributed by atoms with van der Waals surface area (Å²) in [4.78, 5) is 23.3. The number of carbonyl (C=O) groups excluding carboxylic acids is 2. The number of carbonyl (C=O) groups is 2. The zero-order chi connectivity index (χ0) is 22.8. The summed E-state index contributed by atoms with van der Waals surface area (Å²) >= 11 is 0. The first kappa shape index (κ1) is 28.2. The number of aliphatic hydroxyl groups excluding tert-OH is 1. The number of aliphatic hydroxyl groups is 2. The molecule has 30 heavy (non-hydrogen) atoms. The molecular formula is C20H36N2O8. The summed E-state index contributed by atoms with van der Waals surface area (Å²) in [7, 11) is 0. The summed E-state index contributed by atoms with van der Waals surface area (Å²) in [5.41, 5.74) is 0.0663. The van der Waals surface area contributed by atoms with Gasteiger partial charge in [-0.15, -0.1) is 0 Å². The fourth-order valence-electron chi connectivity index (χ4n) is 2.00. The van der Waals surface area contributed by atoms with Crippen LogP contribution in [0.15, 0.2) is 24.3 Å². The molecule has 10 nitrogen and oxygen atoms in total. The Morgan fingerprint density at radius 1 is 0.867 bits per heavy atom. The molecule has 0 atom stereocenters. The largest absolute Gasteiger partial charge is 0.398 e. The molecule has 0 aliphatic heterocycles. The third-order valence-corrected chi connectivity index (χ3v) is 3.59. The second-order valence-corrected chi connectivity index (χ2v) is 6.74. The lowest BCUT2D eigenvalue weighted by molar-refractivity contribution is -0.338. The highest BCUT2D eigenvalue weighted by Crippen LogP contribution is 2.15. The third-order valence-electron chi connectivity index (χ3n) is 3.59. The van der Waals surface area contributed by atoms with E-state index in [1.165, 1.54) is 13.8 Å². The Morgan fingerprint density at radius 3 is 1.77 bits per heavy atom. The highest BCUT2D eigenvalue weighted by Gasteiger charge is 2.37. The molecule has 0 fully saturated rings. The Morgan fingerprint density at radius 2 is 1.33 bits per heavy atom. The van der Waals surface area contributed by atoms with Gasteiger partial charge in [0.15, 0.2) is 6.61 Å². The lowest BCUT2D eigenvalue weighted by Gasteiger charge is -2.26. The van der Waals surface area contributed by atoms with Crippen molar-refractivity contribution in [2.24, 2.45) is 0 Å². The highest BCUT2D eigenvalue weighted by molar-refractivity contribution is 5.88. The molecule has 10 heteroatoms. The summed E-state index contributed by atoms with van der Waals surface area (Å²) in [6, 6.07) is 0. The summed E-state index contributed by atoms with van der Waals surface area (Å²) < 4.78 is 19.9. The van der Waals surface area contributed by atoms with Gasteiger partial charge in [0.05, 0.1) is 26.7 Å². The lowest BCUT2D eigenvalue weighted by atomic mass is 10.2. The molecule has 0 aromatic heterocycles. The van der Waals surface area contributed by atoms with Crippen LogP contribution < -0.4 is 10.6 Å². The first-order valence-corrected chi connectivity index (χ1v) is 9.89. The maximum Gasteiger partial charge on any atom is 0.398 e. The van der Waals surface area contributed by atoms with E-state index in [2.05, 4.69) is 23.8 Å². The Bertz CT molecular complexity index is 511. The van der Waals surface area contributed by atoms with Crippen LogP contribution in [-0.2, 0) is 28.5 Å². The van der Waals surface area contributed by atoms with Crippen LogP contribution >= 0.6 is 0 Å². The van der Waals surface area contributed by atoms with Crippen molar-refractivity contribution >= 4 is 11.9 Å². The van der Waals surface area contributed by atoms with Gasteiger partial charge in [0, 0.05) is 11.1 Å². The Labute approximate surface area is 178 Å². The van der Waals surface area contributed by atoms with E-state index in [0.29, 0.717) is 19.9 Å². The van der Waals surface area contributed by atoms with Crippen molar-refractivity contribution in [2.75, 3.05) is 46.4 Å². The van der Waals surface area contributed by atoms with Crippen LogP contribution in [0.2, 0.25) is 0 Å². The first-order valence-electron chi connectivity index (χ1n) is 9.89. The average Bonchev–Trinajstić information content (AvgIpc) is 2.67. The van der Waals surface area contributed by atoms with Crippen LogP contribution in [0.1, 0.15) is 39.5 Å². The summed E-state index contributed by atoms with van der Waals surface area (Å²) in [6.07, 6.45) is 4.05. The van der Waals surface area contributed by atoms with E-state index in [1.54, 1.807) is 0 Å². The van der Waals surface area contributed by atoms with E-state index in [0.717, 1.165) is 32.2 Å². The highest BCUT2D eigenvalue weighted by atomic mass is 16.9. The fraction of sp³-hybridized carbons (Fsp3) is 0.700. The second kappa shape index (κ2) is 16.9. The molecule has 0 aromatic carbocycles. The van der Waals surface area contributed by atoms with E-state index in [4.69, 9.17) is 24.1 Å². The molecule has 0 rings (SSSR count). The van der Waals surface area contributed by atoms with E-state index in [9.17, 15) is 14.7 Å². The lowest BCUT2D eigenvalue weighted by Crippen LogP contribution is -2.45. The standard InChI is InChI=1S/C20H36N2O8/c1-16(2)18(24)29-20(26,30-19(25)17(3)4)13-28-15-22-10-8-6-5-7-9-21-14-27-12-11-23/h21-23,26H,1,3,5-15H2,2,4H3. The molecule has 174 valence electrons. The number of hydrogen-bond donors (Lipinski definition) is 4. The van der Waals surface area contributed by atoms with Gasteiger partial charge in [0.1, 0.15) is 0 Å². The van der Waals surface area contributed by atoms with E-state index in [1.807, 2.05) is 0 Å². The number of esters is 2. The number of rotatable bonds is 19. The van der Waals surface area contributed by atoms with E-state index < -0.39 is 24.5 Å². The van der Waals surface area contributed by atoms with Crippen LogP contribution in [0.5, 0.6) is 0 Å². The van der Waals surface area contributed by atoms with Crippen molar-refractivity contribution in [2.45, 2.75) is 45.5 Å². The zero-order valence-electron chi connectivity index (χ0n) is 18.0. The zero-order valence-corrected chi connectivity index (χ0v) is 18.0. The Hall–Kier alpha value is -1.82. The average molecular weight is 433 g/mol. The van der Waals surface area contributed by atoms with Gasteiger partial charge in [-0.2, -0.15) is 0 Å². The summed E-state index contributed by atoms with van der Waals surface area (Å²) in [6.45, 7) is 11.5. The predicted octanol–water partition coefficient (Wildman–Crippen LogP) is 0.551. The number of ether oxygens (including phenoxy) is 4. The van der Waals surface area contributed by atoms with Gasteiger partial charge >= 0.3 is 17.9 Å². The molecule has 4 N–H and O–H groups in total. The number of nitrogens with one attached hydrogen (secondary N) is 2. The maximum absolute atomic E-state index is 11.7. The SMILES string of the molecule is C=C(C)C(=O)OC(O)(COCNCCCCCCNCOCCO)OC(=O)C(=C)C. The molecule has 0 unspecified atom stereocenters. The molecule has 0 saturated carbocycles. The summed E-state index contributed by atoms with van der Waals surface area (Å²) in [5, 5.41) is 25.0. The smallest absolute Gasteiger partial charge is 0.394 e. The van der Waals surface area contributed by atoms with Crippen LogP contribution in [-0.4, -0.2) is 74.5 Å². The minimum atomic E-state index is -2.57. The van der Waals surface area contributed by atoms with Crippen molar-refractivity contribution in [3.8, 4) is 0 Å². The minimum absolute atomic E-state index is 0.0248. The molecule has 0 heterocycles. The number of hydrogen-bond acceptors (Lipinski definition) is 10. The monoisotopic (exact) mass is 432 g/mol. The molecule has 0 radical (unpaired) electrons. The van der Waals surface area contributed by atoms with Gasteiger partial charge < -0.3 is 29.2 Å². The van der Waals surface area contributed by atoms with Crippen molar-refractivity contribution in [3.05, 3.63) is 24.3 Å². The molecule has 0 aliphatic carbocycles. The second-order valence-electron chi connectivity index (χ2n) is 6.74. The quantitative estimate of drug-likeness (QED) is 0.0991. The Balaban J connectivity index is 3.95. The first-order chi connectivity index (χ1) is 14.2. The topological polar surface area (TPSA) is 136 Å². The molecule has 0 bridgehead atoms. The van der Waals surface area contributed by atoms with Gasteiger partial charge in [0.2, 0.25) is 0 Å². The van der Waals surface area contributed by atoms with Crippen LogP contribution in [0.3, 0.4) is 0 Å². The van der Waals surface area contributed by atoms with Crippen LogP contribution in [0.4, 0.5) is 0 Å². The molecular weight excluding hydrogens is 396 g/mol. The predicted molar refractivity (Wildman–Crippen MR) is 110 cm³/mol.